The Balaban J connectivity index is 2.10. The number of aromatic nitrogens is 2. The topological polar surface area (TPSA) is 49.3 Å². The highest BCUT2D eigenvalue weighted by Gasteiger charge is 2.16. The fourth-order valence-electron chi connectivity index (χ4n) is 4.39. The summed E-state index contributed by atoms with van der Waals surface area (Å²) in [5, 5.41) is 0. The van der Waals surface area contributed by atoms with Gasteiger partial charge in [0.25, 0.3) is 0 Å². The van der Waals surface area contributed by atoms with Gasteiger partial charge < -0.3 is 0 Å². The lowest BCUT2D eigenvalue weighted by atomic mass is 10.0. The van der Waals surface area contributed by atoms with E-state index in [0.717, 1.165) is 37.3 Å². The van der Waals surface area contributed by atoms with E-state index < -0.39 is 0 Å². The Kier molecular flexibility index (Phi) is 9.98. The molecule has 0 aliphatic rings. The number of carbonyl (C=O) groups is 1. The minimum atomic E-state index is 0.0338. The average Bonchev–Trinajstić information content (AvgIpc) is 2.73. The average molecular weight is 439 g/mol. The van der Waals surface area contributed by atoms with Gasteiger partial charge in [-0.1, -0.05) is 0 Å². The third kappa shape index (κ3) is 7.49. The summed E-state index contributed by atoms with van der Waals surface area (Å²) in [6.45, 7) is 19.6. The van der Waals surface area contributed by atoms with Gasteiger partial charge in [-0.2, -0.15) is 0 Å². The largest absolute Gasteiger partial charge is 0.298 e. The molecule has 0 amide bonds. The molecule has 2 aromatic rings. The maximum atomic E-state index is 13.2. The fourth-order valence-corrected chi connectivity index (χ4v) is 4.39. The van der Waals surface area contributed by atoms with Crippen LogP contribution in [-0.4, -0.2) is 62.8 Å². The van der Waals surface area contributed by atoms with Gasteiger partial charge in [-0.05, 0) is 79.7 Å². The number of nitrogens with zero attached hydrogens (tertiary/aromatic N) is 4. The van der Waals surface area contributed by atoms with E-state index in [1.807, 2.05) is 24.3 Å². The maximum Gasteiger partial charge on any atom is 0.193 e. The summed E-state index contributed by atoms with van der Waals surface area (Å²) < 4.78 is 0. The number of hydrogen-bond acceptors (Lipinski definition) is 5. The van der Waals surface area contributed by atoms with Crippen molar-refractivity contribution in [1.29, 1.82) is 0 Å². The molecule has 0 radical (unpaired) electrons. The molecule has 0 fully saturated rings. The molecule has 0 saturated carbocycles. The summed E-state index contributed by atoms with van der Waals surface area (Å²) in [6, 6.07) is 9.45. The Labute approximate surface area is 195 Å². The Hall–Kier alpha value is -2.11. The van der Waals surface area contributed by atoms with Crippen LogP contribution in [0.25, 0.3) is 0 Å². The minimum Gasteiger partial charge on any atom is -0.298 e. The lowest BCUT2D eigenvalue weighted by Gasteiger charge is -2.30. The molecular weight excluding hydrogens is 396 g/mol. The van der Waals surface area contributed by atoms with Crippen molar-refractivity contribution in [2.24, 2.45) is 0 Å². The molecule has 5 heteroatoms. The zero-order valence-corrected chi connectivity index (χ0v) is 21.3. The van der Waals surface area contributed by atoms with Crippen molar-refractivity contribution in [1.82, 2.24) is 19.8 Å². The summed E-state index contributed by atoms with van der Waals surface area (Å²) in [5.41, 5.74) is 3.31. The number of hydrogen-bond donors (Lipinski definition) is 0. The van der Waals surface area contributed by atoms with Crippen LogP contribution < -0.4 is 0 Å². The molecule has 0 atom stereocenters. The molecule has 0 unspecified atom stereocenters. The molecule has 2 heterocycles. The maximum absolute atomic E-state index is 13.2. The van der Waals surface area contributed by atoms with E-state index in [1.165, 1.54) is 0 Å². The molecule has 32 heavy (non-hydrogen) atoms. The van der Waals surface area contributed by atoms with Gasteiger partial charge in [-0.25, -0.2) is 0 Å². The van der Waals surface area contributed by atoms with Crippen LogP contribution in [0.15, 0.2) is 36.7 Å². The quantitative estimate of drug-likeness (QED) is 0.435. The van der Waals surface area contributed by atoms with Crippen LogP contribution in [0.4, 0.5) is 0 Å². The first-order chi connectivity index (χ1) is 15.1. The highest BCUT2D eigenvalue weighted by Crippen LogP contribution is 2.14. The summed E-state index contributed by atoms with van der Waals surface area (Å²) in [6.07, 6.45) is 5.17. The zero-order valence-electron chi connectivity index (χ0n) is 21.3. The smallest absolute Gasteiger partial charge is 0.193 e. The van der Waals surface area contributed by atoms with Crippen molar-refractivity contribution in [2.45, 2.75) is 92.4 Å². The van der Waals surface area contributed by atoms with Crippen LogP contribution in [0, 0.1) is 0 Å². The molecule has 0 spiro atoms. The first-order valence-electron chi connectivity index (χ1n) is 12.1. The second kappa shape index (κ2) is 12.2. The summed E-state index contributed by atoms with van der Waals surface area (Å²) >= 11 is 0. The van der Waals surface area contributed by atoms with Crippen molar-refractivity contribution >= 4 is 5.78 Å². The Morgan fingerprint density at radius 2 is 1.03 bits per heavy atom. The molecule has 0 bridgehead atoms. The highest BCUT2D eigenvalue weighted by atomic mass is 16.1. The standard InChI is InChI=1S/C27H42N4O/c1-19(2)30(20(3)4)15-11-25-17-23(9-13-28-25)27(32)24-10-14-29-26(18-24)12-16-31(21(5)6)22(7)8/h9-10,13-14,17-22H,11-12,15-16H2,1-8H3. The van der Waals surface area contributed by atoms with Gasteiger partial charge in [0.2, 0.25) is 0 Å². The van der Waals surface area contributed by atoms with E-state index in [1.54, 1.807) is 12.4 Å². The van der Waals surface area contributed by atoms with Crippen LogP contribution in [0.1, 0.15) is 82.7 Å². The van der Waals surface area contributed by atoms with E-state index >= 15 is 0 Å². The molecular formula is C27H42N4O. The van der Waals surface area contributed by atoms with Crippen LogP contribution in [0.2, 0.25) is 0 Å². The van der Waals surface area contributed by atoms with Crippen molar-refractivity contribution < 1.29 is 4.79 Å². The molecule has 5 nitrogen and oxygen atoms in total. The predicted molar refractivity (Wildman–Crippen MR) is 133 cm³/mol. The zero-order chi connectivity index (χ0) is 23.8. The lowest BCUT2D eigenvalue weighted by Crippen LogP contribution is -2.38. The molecule has 0 aliphatic carbocycles. The van der Waals surface area contributed by atoms with Gasteiger partial charge in [0.15, 0.2) is 5.78 Å². The van der Waals surface area contributed by atoms with E-state index in [2.05, 4.69) is 75.2 Å². The van der Waals surface area contributed by atoms with Crippen molar-refractivity contribution in [3.8, 4) is 0 Å². The van der Waals surface area contributed by atoms with Gasteiger partial charge >= 0.3 is 0 Å². The van der Waals surface area contributed by atoms with Crippen molar-refractivity contribution in [3.05, 3.63) is 59.2 Å². The second-order valence-electron chi connectivity index (χ2n) is 9.75. The Morgan fingerprint density at radius 3 is 1.34 bits per heavy atom. The predicted octanol–water partition coefficient (Wildman–Crippen LogP) is 5.03. The molecule has 0 aromatic carbocycles. The van der Waals surface area contributed by atoms with Gasteiger partial charge in [0, 0.05) is 85.0 Å². The van der Waals surface area contributed by atoms with Crippen molar-refractivity contribution in [2.75, 3.05) is 13.1 Å². The van der Waals surface area contributed by atoms with Gasteiger partial charge in [-0.3, -0.25) is 24.6 Å². The molecule has 2 aromatic heterocycles. The molecule has 176 valence electrons. The summed E-state index contributed by atoms with van der Waals surface area (Å²) in [4.78, 5) is 27.1. The van der Waals surface area contributed by atoms with E-state index in [-0.39, 0.29) is 5.78 Å². The Bertz CT molecular complexity index is 775. The second-order valence-corrected chi connectivity index (χ2v) is 9.75. The summed E-state index contributed by atoms with van der Waals surface area (Å²) in [5.74, 6) is 0.0338. The minimum absolute atomic E-state index is 0.0338. The molecule has 0 N–H and O–H groups in total. The highest BCUT2D eigenvalue weighted by molar-refractivity contribution is 6.09. The van der Waals surface area contributed by atoms with E-state index in [0.29, 0.717) is 35.3 Å². The van der Waals surface area contributed by atoms with E-state index in [9.17, 15) is 4.79 Å². The molecule has 0 aliphatic heterocycles. The number of rotatable bonds is 12. The number of carbonyl (C=O) groups excluding carboxylic acids is 1. The van der Waals surface area contributed by atoms with E-state index in [4.69, 9.17) is 0 Å². The third-order valence-corrected chi connectivity index (χ3v) is 6.06. The van der Waals surface area contributed by atoms with Gasteiger partial charge in [0.1, 0.15) is 0 Å². The van der Waals surface area contributed by atoms with Crippen LogP contribution in [0.3, 0.4) is 0 Å². The number of ketones is 1. The molecule has 2 rings (SSSR count). The first-order valence-corrected chi connectivity index (χ1v) is 12.1. The number of pyridine rings is 2. The fraction of sp³-hybridized carbons (Fsp3) is 0.593. The normalized spacial score (nSPS) is 12.2. The summed E-state index contributed by atoms with van der Waals surface area (Å²) in [7, 11) is 0. The van der Waals surface area contributed by atoms with Crippen molar-refractivity contribution in [3.63, 3.8) is 0 Å². The third-order valence-electron chi connectivity index (χ3n) is 6.06. The monoisotopic (exact) mass is 438 g/mol. The van der Waals surface area contributed by atoms with Crippen LogP contribution in [0.5, 0.6) is 0 Å². The van der Waals surface area contributed by atoms with Crippen LogP contribution >= 0.6 is 0 Å². The Morgan fingerprint density at radius 1 is 0.688 bits per heavy atom. The molecule has 0 saturated heterocycles. The van der Waals surface area contributed by atoms with Gasteiger partial charge in [0.05, 0.1) is 0 Å². The lowest BCUT2D eigenvalue weighted by molar-refractivity contribution is 0.103. The van der Waals surface area contributed by atoms with Gasteiger partial charge in [-0.15, -0.1) is 0 Å². The first kappa shape index (κ1) is 26.1. The SMILES string of the molecule is CC(C)N(CCc1cc(C(=O)c2ccnc(CCN(C(C)C)C(C)C)c2)ccn1)C(C)C. The van der Waals surface area contributed by atoms with Crippen LogP contribution in [-0.2, 0) is 12.8 Å².